The highest BCUT2D eigenvalue weighted by Gasteiger charge is 2.27. The molecule has 7 nitrogen and oxygen atoms in total. The summed E-state index contributed by atoms with van der Waals surface area (Å²) in [5.41, 5.74) is 0.955. The van der Waals surface area contributed by atoms with E-state index in [9.17, 15) is 13.2 Å². The molecular formula is C19H21ClN2O5S. The Morgan fingerprint density at radius 3 is 2.61 bits per heavy atom. The highest BCUT2D eigenvalue weighted by atomic mass is 35.5. The minimum atomic E-state index is -3.86. The maximum absolute atomic E-state index is 13.0. The van der Waals surface area contributed by atoms with E-state index in [4.69, 9.17) is 21.1 Å². The summed E-state index contributed by atoms with van der Waals surface area (Å²) >= 11 is 6.05. The molecule has 0 atom stereocenters. The quantitative estimate of drug-likeness (QED) is 0.770. The summed E-state index contributed by atoms with van der Waals surface area (Å²) in [5.74, 6) is 0.693. The first-order valence-electron chi connectivity index (χ1n) is 8.77. The molecule has 0 saturated heterocycles. The van der Waals surface area contributed by atoms with Gasteiger partial charge in [0.2, 0.25) is 15.9 Å². The van der Waals surface area contributed by atoms with Crippen LogP contribution in [0.1, 0.15) is 12.5 Å². The first-order valence-corrected chi connectivity index (χ1v) is 10.6. The monoisotopic (exact) mass is 424 g/mol. The number of hydrogen-bond donors (Lipinski definition) is 1. The Labute approximate surface area is 169 Å². The molecule has 1 N–H and O–H groups in total. The molecule has 0 radical (unpaired) electrons. The number of nitrogens with zero attached hydrogens (tertiary/aromatic N) is 1. The summed E-state index contributed by atoms with van der Waals surface area (Å²) in [6, 6.07) is 9.72. The molecule has 0 unspecified atom stereocenters. The van der Waals surface area contributed by atoms with Crippen molar-refractivity contribution in [3.8, 4) is 11.5 Å². The summed E-state index contributed by atoms with van der Waals surface area (Å²) < 4.78 is 38.0. The Kier molecular flexibility index (Phi) is 6.12. The molecule has 1 aliphatic heterocycles. The number of carbonyl (C=O) groups is 1. The first-order chi connectivity index (χ1) is 13.3. The van der Waals surface area contributed by atoms with Crippen LogP contribution in [0.25, 0.3) is 0 Å². The standard InChI is InChI=1S/C19H21ClN2O5S/c1-3-22(28(24,25)18-6-4-5-15(20)13(18)2)12-19(23)21-14-7-8-16-17(11-14)27-10-9-26-16/h4-8,11H,3,9-10,12H2,1-2H3,(H,21,23). The van der Waals surface area contributed by atoms with Gasteiger partial charge in [0.15, 0.2) is 11.5 Å². The highest BCUT2D eigenvalue weighted by molar-refractivity contribution is 7.89. The summed E-state index contributed by atoms with van der Waals surface area (Å²) in [6.45, 7) is 4.05. The zero-order chi connectivity index (χ0) is 20.3. The van der Waals surface area contributed by atoms with Crippen LogP contribution in [0.5, 0.6) is 11.5 Å². The van der Waals surface area contributed by atoms with Crippen LogP contribution in [0.4, 0.5) is 5.69 Å². The third-order valence-corrected chi connectivity index (χ3v) is 6.81. The van der Waals surface area contributed by atoms with Crippen molar-refractivity contribution >= 4 is 33.2 Å². The number of nitrogens with one attached hydrogen (secondary N) is 1. The van der Waals surface area contributed by atoms with E-state index in [1.54, 1.807) is 44.2 Å². The second-order valence-electron chi connectivity index (χ2n) is 6.20. The Morgan fingerprint density at radius 1 is 1.18 bits per heavy atom. The van der Waals surface area contributed by atoms with Gasteiger partial charge in [-0.2, -0.15) is 4.31 Å². The molecule has 0 spiro atoms. The van der Waals surface area contributed by atoms with E-state index in [2.05, 4.69) is 5.32 Å². The maximum atomic E-state index is 13.0. The predicted molar refractivity (Wildman–Crippen MR) is 107 cm³/mol. The van der Waals surface area contributed by atoms with Crippen LogP contribution in [0, 0.1) is 6.92 Å². The Morgan fingerprint density at radius 2 is 1.89 bits per heavy atom. The van der Waals surface area contributed by atoms with Crippen LogP contribution in [-0.4, -0.2) is 44.9 Å². The van der Waals surface area contributed by atoms with Crippen molar-refractivity contribution in [1.29, 1.82) is 0 Å². The molecule has 0 aromatic heterocycles. The molecule has 0 bridgehead atoms. The lowest BCUT2D eigenvalue weighted by molar-refractivity contribution is -0.116. The average molecular weight is 425 g/mol. The van der Waals surface area contributed by atoms with Gasteiger partial charge in [0.25, 0.3) is 0 Å². The number of halogens is 1. The van der Waals surface area contributed by atoms with Gasteiger partial charge in [-0.3, -0.25) is 4.79 Å². The highest BCUT2D eigenvalue weighted by Crippen LogP contribution is 2.32. The number of likely N-dealkylation sites (N-methyl/N-ethyl adjacent to an activating group) is 1. The normalized spacial score (nSPS) is 13.4. The van der Waals surface area contributed by atoms with E-state index in [0.29, 0.717) is 41.0 Å². The number of carbonyl (C=O) groups excluding carboxylic acids is 1. The van der Waals surface area contributed by atoms with Gasteiger partial charge >= 0.3 is 0 Å². The third kappa shape index (κ3) is 4.24. The van der Waals surface area contributed by atoms with E-state index < -0.39 is 15.9 Å². The summed E-state index contributed by atoms with van der Waals surface area (Å²) in [5, 5.41) is 3.06. The lowest BCUT2D eigenvalue weighted by Crippen LogP contribution is -2.38. The van der Waals surface area contributed by atoms with E-state index in [1.807, 2.05) is 0 Å². The lowest BCUT2D eigenvalue weighted by atomic mass is 10.2. The molecule has 2 aromatic rings. The molecule has 0 fully saturated rings. The second kappa shape index (κ2) is 8.38. The number of anilines is 1. The zero-order valence-corrected chi connectivity index (χ0v) is 17.1. The SMILES string of the molecule is CCN(CC(=O)Nc1ccc2c(c1)OCCO2)S(=O)(=O)c1cccc(Cl)c1C. The third-order valence-electron chi connectivity index (χ3n) is 4.33. The molecule has 2 aromatic carbocycles. The average Bonchev–Trinajstić information content (AvgIpc) is 2.67. The molecule has 150 valence electrons. The molecule has 0 aliphatic carbocycles. The fourth-order valence-electron chi connectivity index (χ4n) is 2.85. The molecule has 1 heterocycles. The molecule has 9 heteroatoms. The predicted octanol–water partition coefficient (Wildman–Crippen LogP) is 3.07. The zero-order valence-electron chi connectivity index (χ0n) is 15.6. The number of benzene rings is 2. The molecule has 1 amide bonds. The lowest BCUT2D eigenvalue weighted by Gasteiger charge is -2.22. The topological polar surface area (TPSA) is 84.9 Å². The summed E-state index contributed by atoms with van der Waals surface area (Å²) in [6.07, 6.45) is 0. The number of sulfonamides is 1. The van der Waals surface area contributed by atoms with Gasteiger partial charge in [-0.05, 0) is 36.8 Å². The van der Waals surface area contributed by atoms with Crippen molar-refractivity contribution in [1.82, 2.24) is 4.31 Å². The van der Waals surface area contributed by atoms with Gasteiger partial charge in [-0.1, -0.05) is 24.6 Å². The number of rotatable bonds is 6. The van der Waals surface area contributed by atoms with Gasteiger partial charge in [0, 0.05) is 23.3 Å². The Bertz CT molecular complexity index is 994. The van der Waals surface area contributed by atoms with Crippen molar-refractivity contribution in [2.45, 2.75) is 18.7 Å². The van der Waals surface area contributed by atoms with Crippen LogP contribution in [0.15, 0.2) is 41.3 Å². The Hall–Kier alpha value is -2.29. The number of ether oxygens (including phenoxy) is 2. The molecule has 28 heavy (non-hydrogen) atoms. The van der Waals surface area contributed by atoms with Gasteiger partial charge in [-0.15, -0.1) is 0 Å². The van der Waals surface area contributed by atoms with Crippen molar-refractivity contribution in [3.05, 3.63) is 47.0 Å². The number of fused-ring (bicyclic) bond motifs is 1. The van der Waals surface area contributed by atoms with E-state index in [-0.39, 0.29) is 18.0 Å². The van der Waals surface area contributed by atoms with Crippen LogP contribution in [0.3, 0.4) is 0 Å². The summed E-state index contributed by atoms with van der Waals surface area (Å²) in [7, 11) is -3.86. The van der Waals surface area contributed by atoms with Gasteiger partial charge in [0.05, 0.1) is 11.4 Å². The van der Waals surface area contributed by atoms with E-state index in [1.165, 1.54) is 6.07 Å². The van der Waals surface area contributed by atoms with Gasteiger partial charge in [-0.25, -0.2) is 8.42 Å². The molecule has 3 rings (SSSR count). The van der Waals surface area contributed by atoms with Gasteiger partial charge in [0.1, 0.15) is 13.2 Å². The van der Waals surface area contributed by atoms with E-state index >= 15 is 0 Å². The summed E-state index contributed by atoms with van der Waals surface area (Å²) in [4.78, 5) is 12.6. The number of hydrogen-bond acceptors (Lipinski definition) is 5. The van der Waals surface area contributed by atoms with Crippen LogP contribution >= 0.6 is 11.6 Å². The van der Waals surface area contributed by atoms with Crippen molar-refractivity contribution in [2.75, 3.05) is 31.6 Å². The van der Waals surface area contributed by atoms with Crippen molar-refractivity contribution < 1.29 is 22.7 Å². The molecule has 1 aliphatic rings. The van der Waals surface area contributed by atoms with Crippen LogP contribution in [0.2, 0.25) is 5.02 Å². The first kappa shape index (κ1) is 20.4. The maximum Gasteiger partial charge on any atom is 0.243 e. The minimum absolute atomic E-state index is 0.0916. The molecule has 0 saturated carbocycles. The minimum Gasteiger partial charge on any atom is -0.486 e. The van der Waals surface area contributed by atoms with E-state index in [0.717, 1.165) is 4.31 Å². The smallest absolute Gasteiger partial charge is 0.243 e. The van der Waals surface area contributed by atoms with Crippen LogP contribution in [-0.2, 0) is 14.8 Å². The second-order valence-corrected chi connectivity index (χ2v) is 8.51. The van der Waals surface area contributed by atoms with Crippen molar-refractivity contribution in [3.63, 3.8) is 0 Å². The van der Waals surface area contributed by atoms with Gasteiger partial charge < -0.3 is 14.8 Å². The fraction of sp³-hybridized carbons (Fsp3) is 0.316. The number of amides is 1. The van der Waals surface area contributed by atoms with Crippen molar-refractivity contribution in [2.24, 2.45) is 0 Å². The molecular weight excluding hydrogens is 404 g/mol. The van der Waals surface area contributed by atoms with Crippen LogP contribution < -0.4 is 14.8 Å². The largest absolute Gasteiger partial charge is 0.486 e. The fourth-order valence-corrected chi connectivity index (χ4v) is 4.74. The Balaban J connectivity index is 1.75.